The van der Waals surface area contributed by atoms with E-state index in [0.717, 1.165) is 80.4 Å². The van der Waals surface area contributed by atoms with Gasteiger partial charge in [-0.2, -0.15) is 10.2 Å². The molecule has 66 heavy (non-hydrogen) atoms. The molecule has 0 N–H and O–H groups in total. The van der Waals surface area contributed by atoms with Crippen LogP contribution in [0.2, 0.25) is 10.0 Å². The van der Waals surface area contributed by atoms with Crippen LogP contribution in [0.3, 0.4) is 0 Å². The van der Waals surface area contributed by atoms with Crippen LogP contribution < -0.4 is 25.0 Å². The van der Waals surface area contributed by atoms with Gasteiger partial charge in [0.25, 0.3) is 0 Å². The average molecular weight is 930 g/mol. The van der Waals surface area contributed by atoms with Crippen LogP contribution in [0, 0.1) is 0 Å². The van der Waals surface area contributed by atoms with Crippen molar-refractivity contribution in [3.8, 4) is 17.2 Å². The molecule has 16 heteroatoms. The van der Waals surface area contributed by atoms with Gasteiger partial charge in [-0.25, -0.2) is 23.7 Å². The van der Waals surface area contributed by atoms with Crippen molar-refractivity contribution in [1.29, 1.82) is 0 Å². The molecule has 0 amide bonds. The SMILES string of the molecule is O=C(c1ccccc1)c1ccc(OCCCCCCn2ncn(-c3ccc(N4CCN(c5ccc(OC[C@@H]6CO[C@@](Cn7cncn7)(c7ccc(Cl)cc7Cl)O6)cc5)CC4)cc3)c2=O)cc1. The molecule has 0 radical (unpaired) electrons. The maximum absolute atomic E-state index is 13.2. The zero-order chi connectivity index (χ0) is 45.3. The summed E-state index contributed by atoms with van der Waals surface area (Å²) in [5.74, 6) is 0.303. The molecule has 7 aromatic rings. The number of carbonyl (C=O) groups is 1. The Morgan fingerprint density at radius 1 is 0.712 bits per heavy atom. The lowest BCUT2D eigenvalue weighted by atomic mass is 10.0. The Balaban J connectivity index is 0.686. The number of ketones is 1. The summed E-state index contributed by atoms with van der Waals surface area (Å²) in [7, 11) is 0. The maximum atomic E-state index is 13.2. The number of rotatable bonds is 19. The molecule has 2 aliphatic heterocycles. The minimum absolute atomic E-state index is 0.00430. The van der Waals surface area contributed by atoms with Crippen LogP contribution in [-0.2, 0) is 28.4 Å². The van der Waals surface area contributed by atoms with Crippen molar-refractivity contribution in [2.75, 3.05) is 55.8 Å². The third-order valence-electron chi connectivity index (χ3n) is 11.9. The third kappa shape index (κ3) is 10.6. The Hall–Kier alpha value is -6.45. The summed E-state index contributed by atoms with van der Waals surface area (Å²) in [6.07, 6.45) is 7.99. The highest BCUT2D eigenvalue weighted by atomic mass is 35.5. The van der Waals surface area contributed by atoms with E-state index in [1.807, 2.05) is 72.8 Å². The van der Waals surface area contributed by atoms with Crippen molar-refractivity contribution >= 4 is 40.4 Å². The van der Waals surface area contributed by atoms with E-state index in [-0.39, 0.29) is 30.7 Å². The smallest absolute Gasteiger partial charge is 0.350 e. The molecule has 5 aromatic carbocycles. The number of piperazine rings is 1. The fraction of sp³-hybridized carbons (Fsp3) is 0.300. The maximum Gasteiger partial charge on any atom is 0.350 e. The van der Waals surface area contributed by atoms with Gasteiger partial charge in [-0.1, -0.05) is 66.0 Å². The lowest BCUT2D eigenvalue weighted by Gasteiger charge is -2.37. The minimum Gasteiger partial charge on any atom is -0.494 e. The van der Waals surface area contributed by atoms with E-state index in [4.69, 9.17) is 42.1 Å². The molecule has 2 saturated heterocycles. The van der Waals surface area contributed by atoms with Crippen LogP contribution in [0.1, 0.15) is 47.2 Å². The molecule has 14 nitrogen and oxygen atoms in total. The zero-order valence-corrected chi connectivity index (χ0v) is 37.8. The standard InChI is InChI=1S/C50H50Cl2N8O6/c51-39-12-23-46(47(52)30-39)50(33-58-35-53-34-54-58)65-32-45(66-50)31-64-44-21-17-41(18-22-44)57-27-25-56(26-28-57)40-13-15-42(16-14-40)59-36-55-60(49(59)62)24-6-1-2-7-29-63-43-19-10-38(11-20-43)48(61)37-8-4-3-5-9-37/h3-5,8-23,30,34-36,45H,1-2,6-7,24-29,31-33H2/t45-,50-/m1/s1. The molecule has 4 heterocycles. The number of nitrogens with zero attached hydrogens (tertiary/aromatic N) is 8. The van der Waals surface area contributed by atoms with Gasteiger partial charge in [0.15, 0.2) is 5.78 Å². The second kappa shape index (κ2) is 20.8. The summed E-state index contributed by atoms with van der Waals surface area (Å²) in [5, 5.41) is 9.60. The fourth-order valence-electron chi connectivity index (χ4n) is 8.31. The topological polar surface area (TPSA) is 131 Å². The van der Waals surface area contributed by atoms with Crippen molar-refractivity contribution in [2.45, 2.75) is 50.7 Å². The van der Waals surface area contributed by atoms with Crippen LogP contribution in [0.5, 0.6) is 11.5 Å². The van der Waals surface area contributed by atoms with Crippen molar-refractivity contribution < 1.29 is 23.7 Å². The Kier molecular flexibility index (Phi) is 14.1. The second-order valence-corrected chi connectivity index (χ2v) is 17.1. The number of aryl methyl sites for hydroxylation is 1. The van der Waals surface area contributed by atoms with Crippen LogP contribution in [-0.4, -0.2) is 87.0 Å². The summed E-state index contributed by atoms with van der Waals surface area (Å²) in [5.41, 5.74) is 4.85. The first kappa shape index (κ1) is 44.7. The number of carbonyl (C=O) groups excluding carboxylic acids is 1. The molecular weight excluding hydrogens is 880 g/mol. The Bertz CT molecular complexity index is 2730. The van der Waals surface area contributed by atoms with E-state index in [0.29, 0.717) is 46.5 Å². The van der Waals surface area contributed by atoms with E-state index in [2.05, 4.69) is 49.2 Å². The number of aromatic nitrogens is 6. The van der Waals surface area contributed by atoms with Crippen molar-refractivity contribution in [3.05, 3.63) is 178 Å². The van der Waals surface area contributed by atoms with E-state index in [9.17, 15) is 9.59 Å². The van der Waals surface area contributed by atoms with Gasteiger partial charge in [-0.3, -0.25) is 4.79 Å². The third-order valence-corrected chi connectivity index (χ3v) is 12.4. The molecule has 0 bridgehead atoms. The highest BCUT2D eigenvalue weighted by molar-refractivity contribution is 6.35. The number of unbranched alkanes of at least 4 members (excludes halogenated alkanes) is 3. The Morgan fingerprint density at radius 3 is 2.06 bits per heavy atom. The molecule has 2 atom stereocenters. The first-order chi connectivity index (χ1) is 32.3. The van der Waals surface area contributed by atoms with Crippen LogP contribution in [0.4, 0.5) is 11.4 Å². The predicted molar refractivity (Wildman–Crippen MR) is 253 cm³/mol. The highest BCUT2D eigenvalue weighted by Gasteiger charge is 2.45. The number of ether oxygens (including phenoxy) is 4. The van der Waals surface area contributed by atoms with Crippen molar-refractivity contribution in [1.82, 2.24) is 29.1 Å². The Labute approximate surface area is 392 Å². The summed E-state index contributed by atoms with van der Waals surface area (Å²) in [6, 6.07) is 38.0. The first-order valence-electron chi connectivity index (χ1n) is 22.2. The predicted octanol–water partition coefficient (Wildman–Crippen LogP) is 8.48. The van der Waals surface area contributed by atoms with Gasteiger partial charge in [0.2, 0.25) is 5.79 Å². The summed E-state index contributed by atoms with van der Waals surface area (Å²) >= 11 is 12.8. The molecule has 0 spiro atoms. The minimum atomic E-state index is -1.17. The number of benzene rings is 5. The normalized spacial score (nSPS) is 17.3. The second-order valence-electron chi connectivity index (χ2n) is 16.3. The van der Waals surface area contributed by atoms with E-state index >= 15 is 0 Å². The molecule has 2 fully saturated rings. The molecule has 2 aromatic heterocycles. The molecular formula is C50H50Cl2N8O6. The molecule has 0 saturated carbocycles. The lowest BCUT2D eigenvalue weighted by Crippen LogP contribution is -2.46. The van der Waals surface area contributed by atoms with Gasteiger partial charge in [0, 0.05) is 65.8 Å². The summed E-state index contributed by atoms with van der Waals surface area (Å²) < 4.78 is 29.6. The quantitative estimate of drug-likeness (QED) is 0.0572. The van der Waals surface area contributed by atoms with Crippen LogP contribution >= 0.6 is 23.2 Å². The number of hydrogen-bond acceptors (Lipinski definition) is 11. The average Bonchev–Trinajstić information content (AvgIpc) is 4.12. The van der Waals surface area contributed by atoms with Gasteiger partial charge in [-0.05, 0) is 104 Å². The van der Waals surface area contributed by atoms with E-state index < -0.39 is 5.79 Å². The molecule has 340 valence electrons. The molecule has 2 aliphatic rings. The highest BCUT2D eigenvalue weighted by Crippen LogP contribution is 2.40. The van der Waals surface area contributed by atoms with E-state index in [1.165, 1.54) is 11.0 Å². The van der Waals surface area contributed by atoms with Gasteiger partial charge >= 0.3 is 5.69 Å². The van der Waals surface area contributed by atoms with Crippen LogP contribution in [0.15, 0.2) is 145 Å². The van der Waals surface area contributed by atoms with Gasteiger partial charge < -0.3 is 28.7 Å². The zero-order valence-electron chi connectivity index (χ0n) is 36.3. The molecule has 9 rings (SSSR count). The van der Waals surface area contributed by atoms with Gasteiger partial charge in [0.1, 0.15) is 49.7 Å². The Morgan fingerprint density at radius 2 is 1.36 bits per heavy atom. The first-order valence-corrected chi connectivity index (χ1v) is 23.0. The van der Waals surface area contributed by atoms with Gasteiger partial charge in [0.05, 0.1) is 23.9 Å². The van der Waals surface area contributed by atoms with Crippen LogP contribution in [0.25, 0.3) is 5.69 Å². The fourth-order valence-corrected chi connectivity index (χ4v) is 8.86. The van der Waals surface area contributed by atoms with E-state index in [1.54, 1.807) is 46.2 Å². The molecule has 0 unspecified atom stereocenters. The lowest BCUT2D eigenvalue weighted by molar-refractivity contribution is -0.190. The largest absolute Gasteiger partial charge is 0.494 e. The summed E-state index contributed by atoms with van der Waals surface area (Å²) in [6.45, 7) is 5.44. The number of anilines is 2. The van der Waals surface area contributed by atoms with Gasteiger partial charge in [-0.15, -0.1) is 0 Å². The van der Waals surface area contributed by atoms with Crippen molar-refractivity contribution in [3.63, 3.8) is 0 Å². The number of hydrogen-bond donors (Lipinski definition) is 0. The number of halogens is 2. The summed E-state index contributed by atoms with van der Waals surface area (Å²) in [4.78, 5) is 34.7. The monoisotopic (exact) mass is 928 g/mol. The molecule has 0 aliphatic carbocycles. The van der Waals surface area contributed by atoms with Crippen molar-refractivity contribution in [2.24, 2.45) is 0 Å².